The van der Waals surface area contributed by atoms with E-state index in [0.717, 1.165) is 5.06 Å². The average molecular weight is 532 g/mol. The third kappa shape index (κ3) is 7.75. The van der Waals surface area contributed by atoms with Crippen LogP contribution in [0.3, 0.4) is 0 Å². The number of benzene rings is 2. The number of halogens is 2. The maximum absolute atomic E-state index is 13.0. The van der Waals surface area contributed by atoms with E-state index in [0.29, 0.717) is 16.5 Å². The number of carboxylic acids is 1. The number of alkyl halides is 2. The molecule has 0 aliphatic rings. The second-order valence-electron chi connectivity index (χ2n) is 10.4. The molecule has 38 heavy (non-hydrogen) atoms. The molecule has 3 rings (SSSR count). The van der Waals surface area contributed by atoms with Crippen LogP contribution < -0.4 is 15.1 Å². The highest BCUT2D eigenvalue weighted by Crippen LogP contribution is 2.32. The highest BCUT2D eigenvalue weighted by atomic mass is 19.3. The number of carboxylic acid groups (broad SMARTS) is 1. The van der Waals surface area contributed by atoms with Crippen molar-refractivity contribution in [2.75, 3.05) is 10.4 Å². The van der Waals surface area contributed by atoms with Crippen molar-refractivity contribution >= 4 is 34.3 Å². The largest absolute Gasteiger partial charge is 0.479 e. The van der Waals surface area contributed by atoms with E-state index in [1.165, 1.54) is 30.5 Å². The van der Waals surface area contributed by atoms with Crippen molar-refractivity contribution in [3.63, 3.8) is 0 Å². The van der Waals surface area contributed by atoms with Crippen LogP contribution in [-0.4, -0.2) is 40.0 Å². The number of amides is 1. The molecule has 3 aromatic rings. The number of carbonyl (C=O) groups is 2. The standard InChI is InChI=1S/C27H31F2N3O6/c1-26(2,3)37-25(35)32(38-27(4,5)6)22-20-11-10-18(14-16(20)12-13-30-22)31-21(23(33)34)17-8-7-9-19(15-17)36-24(28)29/h7-15,21,24,31H,1-6H3,(H,33,34). The molecule has 0 bridgehead atoms. The molecule has 1 amide bonds. The lowest BCUT2D eigenvalue weighted by molar-refractivity contribution is -0.138. The fourth-order valence-electron chi connectivity index (χ4n) is 3.48. The Hall–Kier alpha value is -3.99. The minimum absolute atomic E-state index is 0.152. The zero-order valence-electron chi connectivity index (χ0n) is 22.0. The Bertz CT molecular complexity index is 1300. The van der Waals surface area contributed by atoms with Gasteiger partial charge in [0.1, 0.15) is 11.4 Å². The maximum Gasteiger partial charge on any atom is 0.440 e. The molecule has 1 unspecified atom stereocenters. The minimum atomic E-state index is -3.03. The fraction of sp³-hybridized carbons (Fsp3) is 0.370. The second kappa shape index (κ2) is 11.2. The highest BCUT2D eigenvalue weighted by Gasteiger charge is 2.31. The number of nitrogens with one attached hydrogen (secondary N) is 1. The molecule has 0 radical (unpaired) electrons. The summed E-state index contributed by atoms with van der Waals surface area (Å²) in [6, 6.07) is 10.9. The van der Waals surface area contributed by atoms with Crippen LogP contribution in [0.4, 0.5) is 25.1 Å². The fourth-order valence-corrected chi connectivity index (χ4v) is 3.48. The van der Waals surface area contributed by atoms with E-state index in [1.54, 1.807) is 65.8 Å². The summed E-state index contributed by atoms with van der Waals surface area (Å²) in [4.78, 5) is 35.3. The van der Waals surface area contributed by atoms with Gasteiger partial charge in [0.15, 0.2) is 11.9 Å². The van der Waals surface area contributed by atoms with Crippen molar-refractivity contribution in [1.82, 2.24) is 4.98 Å². The summed E-state index contributed by atoms with van der Waals surface area (Å²) in [6.45, 7) is 7.53. The number of carbonyl (C=O) groups excluding carboxylic acids is 1. The van der Waals surface area contributed by atoms with Crippen LogP contribution in [0.1, 0.15) is 53.1 Å². The number of hydroxylamine groups is 1. The first kappa shape index (κ1) is 28.6. The van der Waals surface area contributed by atoms with Crippen LogP contribution in [0.5, 0.6) is 5.75 Å². The van der Waals surface area contributed by atoms with Gasteiger partial charge in [-0.15, -0.1) is 5.06 Å². The Kier molecular flexibility index (Phi) is 8.41. The first-order valence-corrected chi connectivity index (χ1v) is 11.8. The molecule has 204 valence electrons. The van der Waals surface area contributed by atoms with Gasteiger partial charge in [-0.2, -0.15) is 8.78 Å². The molecule has 1 heterocycles. The van der Waals surface area contributed by atoms with Crippen molar-refractivity contribution in [3.8, 4) is 5.75 Å². The van der Waals surface area contributed by atoms with Crippen molar-refractivity contribution in [2.45, 2.75) is 65.4 Å². The number of hydrogen-bond donors (Lipinski definition) is 2. The van der Waals surface area contributed by atoms with Gasteiger partial charge < -0.3 is 19.9 Å². The Labute approximate surface area is 219 Å². The van der Waals surface area contributed by atoms with Gasteiger partial charge in [-0.1, -0.05) is 12.1 Å². The topological polar surface area (TPSA) is 110 Å². The first-order valence-electron chi connectivity index (χ1n) is 11.8. The molecule has 0 spiro atoms. The lowest BCUT2D eigenvalue weighted by Gasteiger charge is -2.31. The number of fused-ring (bicyclic) bond motifs is 1. The van der Waals surface area contributed by atoms with Crippen LogP contribution in [0.15, 0.2) is 54.7 Å². The van der Waals surface area contributed by atoms with Crippen LogP contribution >= 0.6 is 0 Å². The van der Waals surface area contributed by atoms with Crippen LogP contribution in [0.2, 0.25) is 0 Å². The summed E-state index contributed by atoms with van der Waals surface area (Å²) in [7, 11) is 0. The Balaban J connectivity index is 1.98. The predicted molar refractivity (Wildman–Crippen MR) is 138 cm³/mol. The summed E-state index contributed by atoms with van der Waals surface area (Å²) in [5, 5.41) is 14.9. The number of rotatable bonds is 8. The third-order valence-electron chi connectivity index (χ3n) is 4.83. The van der Waals surface area contributed by atoms with Crippen LogP contribution in [0, 0.1) is 0 Å². The number of hydrogen-bond acceptors (Lipinski definition) is 7. The van der Waals surface area contributed by atoms with E-state index < -0.39 is 35.9 Å². The summed E-state index contributed by atoms with van der Waals surface area (Å²) in [6.07, 6.45) is 0.747. The molecular weight excluding hydrogens is 500 g/mol. The van der Waals surface area contributed by atoms with Crippen molar-refractivity contribution in [3.05, 3.63) is 60.3 Å². The summed E-state index contributed by atoms with van der Waals surface area (Å²) >= 11 is 0. The zero-order valence-corrected chi connectivity index (χ0v) is 22.0. The molecule has 1 atom stereocenters. The SMILES string of the molecule is CC(C)(C)OC(=O)N(OC(C)(C)C)c1nccc2cc(NC(C(=O)O)c3cccc(OC(F)F)c3)ccc12. The first-order chi connectivity index (χ1) is 17.6. The van der Waals surface area contributed by atoms with Gasteiger partial charge in [0.05, 0.1) is 5.60 Å². The quantitative estimate of drug-likeness (QED) is 0.315. The molecule has 0 aliphatic heterocycles. The summed E-state index contributed by atoms with van der Waals surface area (Å²) in [5.41, 5.74) is -0.870. The van der Waals surface area contributed by atoms with Gasteiger partial charge in [-0.3, -0.25) is 4.84 Å². The van der Waals surface area contributed by atoms with Crippen molar-refractivity contribution < 1.29 is 37.8 Å². The molecule has 1 aromatic heterocycles. The number of aliphatic carboxylic acids is 1. The van der Waals surface area contributed by atoms with Gasteiger partial charge in [0.25, 0.3) is 0 Å². The average Bonchev–Trinajstić information content (AvgIpc) is 2.78. The molecule has 11 heteroatoms. The summed E-state index contributed by atoms with van der Waals surface area (Å²) < 4.78 is 35.2. The lowest BCUT2D eigenvalue weighted by Crippen LogP contribution is -2.42. The lowest BCUT2D eigenvalue weighted by atomic mass is 10.1. The number of aromatic nitrogens is 1. The second-order valence-corrected chi connectivity index (χ2v) is 10.4. The Morgan fingerprint density at radius 2 is 1.71 bits per heavy atom. The summed E-state index contributed by atoms with van der Waals surface area (Å²) in [5.74, 6) is -1.17. The Morgan fingerprint density at radius 1 is 1.00 bits per heavy atom. The van der Waals surface area contributed by atoms with E-state index in [2.05, 4.69) is 15.0 Å². The smallest absolute Gasteiger partial charge is 0.440 e. The molecule has 0 saturated heterocycles. The van der Waals surface area contributed by atoms with Crippen LogP contribution in [0.25, 0.3) is 10.8 Å². The highest BCUT2D eigenvalue weighted by molar-refractivity contribution is 5.99. The van der Waals surface area contributed by atoms with E-state index in [4.69, 9.17) is 9.57 Å². The number of pyridine rings is 1. The van der Waals surface area contributed by atoms with E-state index in [1.807, 2.05) is 0 Å². The van der Waals surface area contributed by atoms with Gasteiger partial charge >= 0.3 is 18.7 Å². The van der Waals surface area contributed by atoms with Gasteiger partial charge in [0.2, 0.25) is 0 Å². The minimum Gasteiger partial charge on any atom is -0.479 e. The molecular formula is C27H31F2N3O6. The maximum atomic E-state index is 13.0. The van der Waals surface area contributed by atoms with E-state index in [9.17, 15) is 23.5 Å². The van der Waals surface area contributed by atoms with Crippen molar-refractivity contribution in [2.24, 2.45) is 0 Å². The number of anilines is 2. The molecule has 2 aromatic carbocycles. The van der Waals surface area contributed by atoms with Crippen LogP contribution in [-0.2, 0) is 14.4 Å². The molecule has 0 aliphatic carbocycles. The number of nitrogens with zero attached hydrogens (tertiary/aromatic N) is 2. The zero-order chi connectivity index (χ0) is 28.3. The van der Waals surface area contributed by atoms with Gasteiger partial charge in [-0.25, -0.2) is 14.6 Å². The molecule has 9 nitrogen and oxygen atoms in total. The normalized spacial score (nSPS) is 12.8. The van der Waals surface area contributed by atoms with Gasteiger partial charge in [-0.05, 0) is 88.9 Å². The number of ether oxygens (including phenoxy) is 2. The molecule has 0 fully saturated rings. The van der Waals surface area contributed by atoms with Gasteiger partial charge in [0, 0.05) is 17.3 Å². The third-order valence-corrected chi connectivity index (χ3v) is 4.83. The van der Waals surface area contributed by atoms with Crippen molar-refractivity contribution in [1.29, 1.82) is 0 Å². The van der Waals surface area contributed by atoms with E-state index in [-0.39, 0.29) is 17.1 Å². The monoisotopic (exact) mass is 531 g/mol. The Morgan fingerprint density at radius 3 is 2.32 bits per heavy atom. The van der Waals surface area contributed by atoms with E-state index >= 15 is 0 Å². The molecule has 2 N–H and O–H groups in total. The predicted octanol–water partition coefficient (Wildman–Crippen LogP) is 6.55. The molecule has 0 saturated carbocycles.